The number of ketones is 1. The normalized spacial score (nSPS) is 16.1. The van der Waals surface area contributed by atoms with E-state index in [2.05, 4.69) is 0 Å². The van der Waals surface area contributed by atoms with E-state index in [4.69, 9.17) is 9.47 Å². The van der Waals surface area contributed by atoms with Gasteiger partial charge in [0.2, 0.25) is 0 Å². The molecule has 90 valence electrons. The zero-order valence-corrected chi connectivity index (χ0v) is 10.8. The fraction of sp³-hybridized carbons (Fsp3) is 0.917. The van der Waals surface area contributed by atoms with Gasteiger partial charge in [0.25, 0.3) is 0 Å². The Morgan fingerprint density at radius 3 is 2.00 bits per heavy atom. The highest BCUT2D eigenvalue weighted by atomic mass is 16.5. The number of ether oxygens (including phenoxy) is 2. The van der Waals surface area contributed by atoms with Crippen molar-refractivity contribution in [2.45, 2.75) is 58.2 Å². The molecule has 0 saturated carbocycles. The van der Waals surface area contributed by atoms with Crippen LogP contribution in [-0.4, -0.2) is 31.2 Å². The maximum atomic E-state index is 11.9. The summed E-state index contributed by atoms with van der Waals surface area (Å²) in [5.41, 5.74) is -0.873. The molecule has 0 aliphatic rings. The fourth-order valence-electron chi connectivity index (χ4n) is 1.24. The van der Waals surface area contributed by atoms with Gasteiger partial charge >= 0.3 is 0 Å². The third-order valence-corrected chi connectivity index (χ3v) is 3.22. The van der Waals surface area contributed by atoms with Gasteiger partial charge in [-0.3, -0.25) is 4.79 Å². The Kier molecular flexibility index (Phi) is 5.46. The Morgan fingerprint density at radius 2 is 1.67 bits per heavy atom. The monoisotopic (exact) mass is 216 g/mol. The van der Waals surface area contributed by atoms with Crippen molar-refractivity contribution in [2.75, 3.05) is 14.2 Å². The molecular weight excluding hydrogens is 192 g/mol. The Balaban J connectivity index is 4.26. The molecule has 0 aromatic rings. The molecule has 3 nitrogen and oxygen atoms in total. The van der Waals surface area contributed by atoms with Gasteiger partial charge in [-0.05, 0) is 33.6 Å². The van der Waals surface area contributed by atoms with Crippen LogP contribution in [0.3, 0.4) is 0 Å². The predicted octanol–water partition coefficient (Wildman–Crippen LogP) is 2.58. The highest BCUT2D eigenvalue weighted by Crippen LogP contribution is 2.22. The second kappa shape index (κ2) is 5.61. The lowest BCUT2D eigenvalue weighted by atomic mass is 9.90. The lowest BCUT2D eigenvalue weighted by molar-refractivity contribution is -0.140. The number of carbonyl (C=O) groups is 1. The van der Waals surface area contributed by atoms with Crippen molar-refractivity contribution in [3.63, 3.8) is 0 Å². The summed E-state index contributed by atoms with van der Waals surface area (Å²) in [6, 6.07) is 0. The van der Waals surface area contributed by atoms with Crippen molar-refractivity contribution in [3.05, 3.63) is 0 Å². The molecule has 0 heterocycles. The number of carbonyl (C=O) groups excluding carboxylic acids is 1. The molecule has 0 rings (SSSR count). The summed E-state index contributed by atoms with van der Waals surface area (Å²) in [6.07, 6.45) is 1.93. The van der Waals surface area contributed by atoms with Crippen molar-refractivity contribution >= 4 is 5.78 Å². The lowest BCUT2D eigenvalue weighted by Gasteiger charge is -2.28. The zero-order valence-electron chi connectivity index (χ0n) is 10.8. The minimum Gasteiger partial charge on any atom is -0.379 e. The largest absolute Gasteiger partial charge is 0.379 e. The van der Waals surface area contributed by atoms with Crippen LogP contribution in [0, 0.1) is 0 Å². The molecular formula is C12H24O3. The quantitative estimate of drug-likeness (QED) is 0.656. The number of hydrogen-bond acceptors (Lipinski definition) is 3. The minimum absolute atomic E-state index is 0.151. The number of hydrogen-bond donors (Lipinski definition) is 0. The van der Waals surface area contributed by atoms with Gasteiger partial charge in [0.15, 0.2) is 5.78 Å². The van der Waals surface area contributed by atoms with Crippen molar-refractivity contribution in [1.29, 1.82) is 0 Å². The summed E-state index contributed by atoms with van der Waals surface area (Å²) in [6.45, 7) is 7.77. The molecule has 0 bridgehead atoms. The molecule has 0 spiro atoms. The predicted molar refractivity (Wildman–Crippen MR) is 61.0 cm³/mol. The van der Waals surface area contributed by atoms with Crippen LogP contribution < -0.4 is 0 Å². The van der Waals surface area contributed by atoms with Crippen LogP contribution >= 0.6 is 0 Å². The summed E-state index contributed by atoms with van der Waals surface area (Å²) < 4.78 is 10.5. The molecule has 0 amide bonds. The Hall–Kier alpha value is -0.410. The number of methoxy groups -OCH3 is 2. The number of Topliss-reactive ketones (excluding diaryl/α,β-unsaturated/α-hetero) is 1. The third-order valence-electron chi connectivity index (χ3n) is 3.22. The molecule has 0 aliphatic heterocycles. The van der Waals surface area contributed by atoms with E-state index in [1.165, 1.54) is 0 Å². The van der Waals surface area contributed by atoms with E-state index in [-0.39, 0.29) is 11.4 Å². The second-order valence-electron chi connectivity index (χ2n) is 4.68. The summed E-state index contributed by atoms with van der Waals surface area (Å²) in [5, 5.41) is 0. The maximum Gasteiger partial charge on any atom is 0.164 e. The van der Waals surface area contributed by atoms with Gasteiger partial charge in [-0.1, -0.05) is 6.92 Å². The van der Waals surface area contributed by atoms with E-state index >= 15 is 0 Å². The summed E-state index contributed by atoms with van der Waals surface area (Å²) in [4.78, 5) is 11.9. The molecule has 1 atom stereocenters. The smallest absolute Gasteiger partial charge is 0.164 e. The first-order valence-corrected chi connectivity index (χ1v) is 5.45. The van der Waals surface area contributed by atoms with Crippen molar-refractivity contribution in [3.8, 4) is 0 Å². The van der Waals surface area contributed by atoms with Gasteiger partial charge in [-0.2, -0.15) is 0 Å². The zero-order chi connectivity index (χ0) is 12.1. The highest BCUT2D eigenvalue weighted by molar-refractivity contribution is 5.86. The minimum atomic E-state index is -0.635. The summed E-state index contributed by atoms with van der Waals surface area (Å²) in [5.74, 6) is 0.151. The van der Waals surface area contributed by atoms with E-state index in [9.17, 15) is 4.79 Å². The molecule has 0 radical (unpaired) electrons. The van der Waals surface area contributed by atoms with E-state index in [1.54, 1.807) is 14.2 Å². The summed E-state index contributed by atoms with van der Waals surface area (Å²) in [7, 11) is 3.25. The van der Waals surface area contributed by atoms with Crippen molar-refractivity contribution < 1.29 is 14.3 Å². The topological polar surface area (TPSA) is 35.5 Å². The van der Waals surface area contributed by atoms with Crippen LogP contribution in [0.5, 0.6) is 0 Å². The molecule has 0 aromatic heterocycles. The first-order valence-electron chi connectivity index (χ1n) is 5.45. The van der Waals surface area contributed by atoms with E-state index < -0.39 is 5.60 Å². The van der Waals surface area contributed by atoms with Gasteiger partial charge in [0.1, 0.15) is 5.60 Å². The molecule has 15 heavy (non-hydrogen) atoms. The van der Waals surface area contributed by atoms with Crippen LogP contribution in [0.2, 0.25) is 0 Å². The van der Waals surface area contributed by atoms with Crippen LogP contribution in [0.1, 0.15) is 47.0 Å². The van der Waals surface area contributed by atoms with Gasteiger partial charge in [0, 0.05) is 20.6 Å². The van der Waals surface area contributed by atoms with Crippen LogP contribution in [0.25, 0.3) is 0 Å². The fourth-order valence-corrected chi connectivity index (χ4v) is 1.24. The van der Waals surface area contributed by atoms with E-state index in [0.717, 1.165) is 6.42 Å². The third kappa shape index (κ3) is 4.31. The van der Waals surface area contributed by atoms with Gasteiger partial charge in [0.05, 0.1) is 5.60 Å². The molecule has 1 unspecified atom stereocenters. The molecule has 0 N–H and O–H groups in total. The van der Waals surface area contributed by atoms with Gasteiger partial charge in [-0.15, -0.1) is 0 Å². The highest BCUT2D eigenvalue weighted by Gasteiger charge is 2.31. The summed E-state index contributed by atoms with van der Waals surface area (Å²) >= 11 is 0. The standard InChI is InChI=1S/C12H24O3/c1-7-12(4,15-6)10(13)8-9-11(2,3)14-5/h7-9H2,1-6H3. The van der Waals surface area contributed by atoms with Crippen LogP contribution in [0.15, 0.2) is 0 Å². The van der Waals surface area contributed by atoms with Crippen molar-refractivity contribution in [1.82, 2.24) is 0 Å². The van der Waals surface area contributed by atoms with Crippen LogP contribution in [0.4, 0.5) is 0 Å². The van der Waals surface area contributed by atoms with E-state index in [1.807, 2.05) is 27.7 Å². The number of rotatable bonds is 7. The lowest BCUT2D eigenvalue weighted by Crippen LogP contribution is -2.38. The first kappa shape index (κ1) is 14.6. The SMILES string of the molecule is CCC(C)(OC)C(=O)CCC(C)(C)OC. The maximum absolute atomic E-state index is 11.9. The molecule has 0 aromatic carbocycles. The van der Waals surface area contributed by atoms with Crippen LogP contribution in [-0.2, 0) is 14.3 Å². The molecule has 0 saturated heterocycles. The molecule has 3 heteroatoms. The van der Waals surface area contributed by atoms with Gasteiger partial charge in [-0.25, -0.2) is 0 Å². The van der Waals surface area contributed by atoms with Crippen molar-refractivity contribution in [2.24, 2.45) is 0 Å². The molecule has 0 fully saturated rings. The molecule has 0 aliphatic carbocycles. The Labute approximate surface area is 93.1 Å². The van der Waals surface area contributed by atoms with Gasteiger partial charge < -0.3 is 9.47 Å². The Bertz CT molecular complexity index is 205. The average Bonchev–Trinajstić information content (AvgIpc) is 2.24. The Morgan fingerprint density at radius 1 is 1.13 bits per heavy atom. The van der Waals surface area contributed by atoms with E-state index in [0.29, 0.717) is 12.8 Å². The second-order valence-corrected chi connectivity index (χ2v) is 4.68. The first-order chi connectivity index (χ1) is 6.81. The average molecular weight is 216 g/mol.